The highest BCUT2D eigenvalue weighted by atomic mass is 16.2. The lowest BCUT2D eigenvalue weighted by molar-refractivity contribution is 0.197. The van der Waals surface area contributed by atoms with Crippen LogP contribution >= 0.6 is 0 Å². The fourth-order valence-electron chi connectivity index (χ4n) is 2.32. The van der Waals surface area contributed by atoms with E-state index in [0.29, 0.717) is 12.4 Å². The molecule has 1 aromatic heterocycles. The minimum Gasteiger partial charge on any atom is -0.382 e. The highest BCUT2D eigenvalue weighted by Gasteiger charge is 2.35. The first kappa shape index (κ1) is 10.1. The summed E-state index contributed by atoms with van der Waals surface area (Å²) in [6, 6.07) is 3.88. The fraction of sp³-hybridized carbons (Fsp3) is 0.500. The Morgan fingerprint density at radius 3 is 3.00 bits per heavy atom. The molecule has 1 atom stereocenters. The minimum absolute atomic E-state index is 0.0399. The number of nitrogens with zero attached hydrogens (tertiary/aromatic N) is 4. The molecule has 0 aliphatic carbocycles. The van der Waals surface area contributed by atoms with E-state index in [4.69, 9.17) is 5.73 Å². The Labute approximate surface area is 98.6 Å². The van der Waals surface area contributed by atoms with Crippen LogP contribution in [0.4, 0.5) is 16.4 Å². The van der Waals surface area contributed by atoms with Crippen LogP contribution in [0.15, 0.2) is 12.1 Å². The van der Waals surface area contributed by atoms with E-state index in [0.717, 1.165) is 25.5 Å². The average Bonchev–Trinajstić information content (AvgIpc) is 2.72. The van der Waals surface area contributed by atoms with Gasteiger partial charge in [-0.25, -0.2) is 4.79 Å². The van der Waals surface area contributed by atoms with E-state index in [-0.39, 0.29) is 12.1 Å². The van der Waals surface area contributed by atoms with Crippen LogP contribution in [0.2, 0.25) is 0 Å². The molecule has 0 aromatic carbocycles. The Morgan fingerprint density at radius 1 is 1.35 bits per heavy atom. The van der Waals surface area contributed by atoms with Gasteiger partial charge in [-0.05, 0) is 12.1 Å². The first-order valence-electron chi connectivity index (χ1n) is 5.62. The second-order valence-corrected chi connectivity index (χ2v) is 4.30. The summed E-state index contributed by atoms with van der Waals surface area (Å²) in [7, 11) is 0. The Bertz CT molecular complexity index is 433. The zero-order valence-electron chi connectivity index (χ0n) is 9.33. The third-order valence-electron chi connectivity index (χ3n) is 3.23. The SMILES string of the molecule is Nc1ccc(N2CCN3C(=O)NCC3C2)nn1. The van der Waals surface area contributed by atoms with Gasteiger partial charge in [0.25, 0.3) is 0 Å². The van der Waals surface area contributed by atoms with Crippen LogP contribution in [0.5, 0.6) is 0 Å². The molecule has 7 nitrogen and oxygen atoms in total. The maximum absolute atomic E-state index is 11.4. The van der Waals surface area contributed by atoms with Crippen LogP contribution < -0.4 is 16.0 Å². The number of nitrogens with two attached hydrogens (primary N) is 1. The van der Waals surface area contributed by atoms with E-state index in [9.17, 15) is 4.79 Å². The lowest BCUT2D eigenvalue weighted by Gasteiger charge is -2.36. The highest BCUT2D eigenvalue weighted by molar-refractivity contribution is 5.77. The van der Waals surface area contributed by atoms with Crippen molar-refractivity contribution in [2.24, 2.45) is 0 Å². The van der Waals surface area contributed by atoms with Crippen LogP contribution in [0.3, 0.4) is 0 Å². The molecule has 90 valence electrons. The van der Waals surface area contributed by atoms with E-state index >= 15 is 0 Å². The van der Waals surface area contributed by atoms with E-state index < -0.39 is 0 Å². The quantitative estimate of drug-likeness (QED) is 0.669. The molecular formula is C10H14N6O. The Morgan fingerprint density at radius 2 is 2.24 bits per heavy atom. The first-order chi connectivity index (χ1) is 8.24. The molecular weight excluding hydrogens is 220 g/mol. The van der Waals surface area contributed by atoms with Crippen molar-refractivity contribution in [3.8, 4) is 0 Å². The molecule has 3 heterocycles. The second kappa shape index (κ2) is 3.76. The standard InChI is InChI=1S/C10H14N6O/c11-8-1-2-9(14-13-8)15-3-4-16-7(6-15)5-12-10(16)17/h1-2,7H,3-6H2,(H2,11,13)(H,12,17). The molecule has 2 saturated heterocycles. The van der Waals surface area contributed by atoms with Gasteiger partial charge in [-0.15, -0.1) is 10.2 Å². The number of hydrogen-bond donors (Lipinski definition) is 2. The van der Waals surface area contributed by atoms with Gasteiger partial charge < -0.3 is 20.9 Å². The summed E-state index contributed by atoms with van der Waals surface area (Å²) in [5.41, 5.74) is 5.50. The van der Waals surface area contributed by atoms with E-state index in [1.165, 1.54) is 0 Å². The number of piperazine rings is 1. The van der Waals surface area contributed by atoms with Crippen molar-refractivity contribution >= 4 is 17.7 Å². The van der Waals surface area contributed by atoms with E-state index in [1.54, 1.807) is 6.07 Å². The smallest absolute Gasteiger partial charge is 0.317 e. The third-order valence-corrected chi connectivity index (χ3v) is 3.23. The summed E-state index contributed by atoms with van der Waals surface area (Å²) in [5, 5.41) is 10.8. The number of rotatable bonds is 1. The molecule has 0 saturated carbocycles. The summed E-state index contributed by atoms with van der Waals surface area (Å²) >= 11 is 0. The normalized spacial score (nSPS) is 23.5. The van der Waals surface area contributed by atoms with Crippen LogP contribution in [0.1, 0.15) is 0 Å². The van der Waals surface area contributed by atoms with Crippen LogP contribution in [0, 0.1) is 0 Å². The van der Waals surface area contributed by atoms with Crippen LogP contribution in [0.25, 0.3) is 0 Å². The predicted molar refractivity (Wildman–Crippen MR) is 62.6 cm³/mol. The Hall–Kier alpha value is -2.05. The van der Waals surface area contributed by atoms with Gasteiger partial charge in [0.05, 0.1) is 6.04 Å². The van der Waals surface area contributed by atoms with Gasteiger partial charge >= 0.3 is 6.03 Å². The Kier molecular flexibility index (Phi) is 2.24. The van der Waals surface area contributed by atoms with Crippen LogP contribution in [-0.2, 0) is 0 Å². The lowest BCUT2D eigenvalue weighted by Crippen LogP contribution is -2.52. The van der Waals surface area contributed by atoms with Crippen molar-refractivity contribution in [3.05, 3.63) is 12.1 Å². The number of nitrogens with one attached hydrogen (secondary N) is 1. The number of carbonyl (C=O) groups is 1. The van der Waals surface area contributed by atoms with Gasteiger partial charge in [-0.2, -0.15) is 0 Å². The van der Waals surface area contributed by atoms with Gasteiger partial charge in [0.2, 0.25) is 0 Å². The zero-order valence-corrected chi connectivity index (χ0v) is 9.33. The minimum atomic E-state index is 0.0399. The molecule has 0 bridgehead atoms. The first-order valence-corrected chi connectivity index (χ1v) is 5.62. The number of aromatic nitrogens is 2. The largest absolute Gasteiger partial charge is 0.382 e. The van der Waals surface area contributed by atoms with Crippen molar-refractivity contribution in [2.45, 2.75) is 6.04 Å². The molecule has 2 amide bonds. The third kappa shape index (κ3) is 1.73. The molecule has 0 spiro atoms. The van der Waals surface area contributed by atoms with Gasteiger partial charge in [0.15, 0.2) is 5.82 Å². The number of urea groups is 1. The number of anilines is 2. The summed E-state index contributed by atoms with van der Waals surface area (Å²) in [4.78, 5) is 15.5. The highest BCUT2D eigenvalue weighted by Crippen LogP contribution is 2.19. The zero-order chi connectivity index (χ0) is 11.8. The molecule has 2 fully saturated rings. The maximum Gasteiger partial charge on any atom is 0.317 e. The molecule has 1 unspecified atom stereocenters. The van der Waals surface area contributed by atoms with Gasteiger partial charge in [-0.1, -0.05) is 0 Å². The van der Waals surface area contributed by atoms with Crippen molar-refractivity contribution in [1.82, 2.24) is 20.4 Å². The van der Waals surface area contributed by atoms with Crippen molar-refractivity contribution < 1.29 is 4.79 Å². The predicted octanol–water partition coefficient (Wildman–Crippen LogP) is -0.727. The molecule has 17 heavy (non-hydrogen) atoms. The maximum atomic E-state index is 11.4. The monoisotopic (exact) mass is 234 g/mol. The summed E-state index contributed by atoms with van der Waals surface area (Å²) < 4.78 is 0. The number of carbonyl (C=O) groups excluding carboxylic acids is 1. The van der Waals surface area contributed by atoms with E-state index in [1.807, 2.05) is 11.0 Å². The molecule has 1 aromatic rings. The van der Waals surface area contributed by atoms with E-state index in [2.05, 4.69) is 20.4 Å². The fourth-order valence-corrected chi connectivity index (χ4v) is 2.32. The molecule has 3 rings (SSSR count). The van der Waals surface area contributed by atoms with Gasteiger partial charge in [0.1, 0.15) is 5.82 Å². The number of amides is 2. The Balaban J connectivity index is 1.75. The average molecular weight is 234 g/mol. The van der Waals surface area contributed by atoms with Crippen molar-refractivity contribution in [3.63, 3.8) is 0 Å². The summed E-state index contributed by atoms with van der Waals surface area (Å²) in [6.07, 6.45) is 0. The van der Waals surface area contributed by atoms with Gasteiger partial charge in [0, 0.05) is 26.2 Å². The lowest BCUT2D eigenvalue weighted by atomic mass is 10.2. The number of nitrogen functional groups attached to an aromatic ring is 1. The number of hydrogen-bond acceptors (Lipinski definition) is 5. The number of fused-ring (bicyclic) bond motifs is 1. The molecule has 3 N–H and O–H groups in total. The topological polar surface area (TPSA) is 87.4 Å². The van der Waals surface area contributed by atoms with Gasteiger partial charge in [-0.3, -0.25) is 0 Å². The molecule has 2 aliphatic heterocycles. The molecule has 2 aliphatic rings. The molecule has 0 radical (unpaired) electrons. The van der Waals surface area contributed by atoms with Crippen molar-refractivity contribution in [2.75, 3.05) is 36.8 Å². The van der Waals surface area contributed by atoms with Crippen molar-refractivity contribution in [1.29, 1.82) is 0 Å². The summed E-state index contributed by atoms with van der Waals surface area (Å²) in [6.45, 7) is 3.00. The summed E-state index contributed by atoms with van der Waals surface area (Å²) in [5.74, 6) is 1.24. The molecule has 7 heteroatoms. The second-order valence-electron chi connectivity index (χ2n) is 4.30. The van der Waals surface area contributed by atoms with Crippen LogP contribution in [-0.4, -0.2) is 53.3 Å².